The SMILES string of the molecule is Cc1ccc(S(=O)(=O)Nc2nc(=O)n3c(C)c(C)sc(SCC4CCC(CCOS(C)(=O)=O)CC4)c2-3)cc1. The van der Waals surface area contributed by atoms with E-state index in [1.165, 1.54) is 16.7 Å². The molecule has 3 aliphatic rings. The number of aryl methyl sites for hydroxylation is 2. The molecule has 0 aromatic heterocycles. The highest BCUT2D eigenvalue weighted by Gasteiger charge is 2.28. The van der Waals surface area contributed by atoms with E-state index in [4.69, 9.17) is 4.18 Å². The smallest absolute Gasteiger partial charge is 0.270 e. The van der Waals surface area contributed by atoms with Crippen molar-refractivity contribution < 1.29 is 21.0 Å². The number of benzene rings is 1. The molecule has 0 atom stereocenters. The number of imidazole rings is 1. The topological polar surface area (TPSA) is 124 Å². The Kier molecular flexibility index (Phi) is 8.92. The lowest BCUT2D eigenvalue weighted by Gasteiger charge is -2.28. The van der Waals surface area contributed by atoms with Crippen LogP contribution in [0.1, 0.15) is 48.2 Å². The highest BCUT2D eigenvalue weighted by atomic mass is 32.2. The van der Waals surface area contributed by atoms with E-state index in [-0.39, 0.29) is 17.3 Å². The van der Waals surface area contributed by atoms with E-state index >= 15 is 0 Å². The van der Waals surface area contributed by atoms with Crippen LogP contribution in [0.25, 0.3) is 5.69 Å². The quantitative estimate of drug-likeness (QED) is 0.262. The molecule has 0 bridgehead atoms. The third-order valence-corrected chi connectivity index (χ3v) is 11.6. The molecule has 0 saturated heterocycles. The number of thioether (sulfide) groups is 1. The molecule has 4 rings (SSSR count). The van der Waals surface area contributed by atoms with Crippen LogP contribution in [0.5, 0.6) is 0 Å². The Bertz CT molecular complexity index is 1520. The molecule has 0 unspecified atom stereocenters. The van der Waals surface area contributed by atoms with Gasteiger partial charge in [-0.2, -0.15) is 13.4 Å². The van der Waals surface area contributed by atoms with Gasteiger partial charge in [0.05, 0.1) is 22.0 Å². The Morgan fingerprint density at radius 3 is 2.32 bits per heavy atom. The fourth-order valence-corrected chi connectivity index (χ4v) is 8.71. The summed E-state index contributed by atoms with van der Waals surface area (Å²) in [6.45, 7) is 5.89. The van der Waals surface area contributed by atoms with E-state index in [1.54, 1.807) is 35.2 Å². The van der Waals surface area contributed by atoms with Crippen molar-refractivity contribution in [3.05, 3.63) is 50.9 Å². The highest BCUT2D eigenvalue weighted by molar-refractivity contribution is 8.01. The number of fused-ring (bicyclic) bond motifs is 1. The first-order chi connectivity index (χ1) is 17.8. The Morgan fingerprint density at radius 2 is 1.68 bits per heavy atom. The van der Waals surface area contributed by atoms with Gasteiger partial charge in [0.1, 0.15) is 5.69 Å². The average molecular weight is 600 g/mol. The first-order valence-corrected chi connectivity index (χ1v) is 17.5. The lowest BCUT2D eigenvalue weighted by Crippen LogP contribution is -2.19. The molecule has 13 heteroatoms. The Morgan fingerprint density at radius 1 is 1.05 bits per heavy atom. The molecule has 0 amide bonds. The molecule has 0 radical (unpaired) electrons. The first-order valence-electron chi connectivity index (χ1n) is 12.4. The van der Waals surface area contributed by atoms with Gasteiger partial charge in [0.15, 0.2) is 5.82 Å². The number of hydrogen-bond acceptors (Lipinski definition) is 9. The molecule has 1 aliphatic carbocycles. The van der Waals surface area contributed by atoms with Crippen molar-refractivity contribution in [1.29, 1.82) is 0 Å². The van der Waals surface area contributed by atoms with Gasteiger partial charge in [0, 0.05) is 16.3 Å². The second-order valence-corrected chi connectivity index (χ2v) is 15.7. The van der Waals surface area contributed by atoms with Crippen LogP contribution in [-0.2, 0) is 24.3 Å². The summed E-state index contributed by atoms with van der Waals surface area (Å²) in [6.07, 6.45) is 5.90. The lowest BCUT2D eigenvalue weighted by atomic mass is 9.81. The van der Waals surface area contributed by atoms with E-state index in [0.29, 0.717) is 17.5 Å². The minimum atomic E-state index is -3.92. The molecule has 2 aliphatic heterocycles. The summed E-state index contributed by atoms with van der Waals surface area (Å²) >= 11 is 3.18. The number of aromatic nitrogens is 2. The zero-order valence-electron chi connectivity index (χ0n) is 21.9. The fourth-order valence-electron chi connectivity index (χ4n) is 4.64. The standard InChI is InChI=1S/C25H33N3O6S4/c1-16-5-11-21(12-6-16)38(32,33)27-23-22-24(36-18(3)17(2)28(22)25(29)26-23)35-15-20-9-7-19(8-10-20)13-14-34-37(4,30)31/h5-6,11-12,19-20H,7-10,13-15H2,1-4H3,(H,26,27,29). The minimum absolute atomic E-state index is 0.0482. The molecular formula is C25H33N3O6S4. The average Bonchev–Trinajstić information content (AvgIpc) is 3.16. The Labute approximate surface area is 232 Å². The lowest BCUT2D eigenvalue weighted by molar-refractivity contribution is 0.229. The van der Waals surface area contributed by atoms with Crippen LogP contribution in [0.3, 0.4) is 0 Å². The molecule has 38 heavy (non-hydrogen) atoms. The summed E-state index contributed by atoms with van der Waals surface area (Å²) in [4.78, 5) is 18.0. The number of nitrogens with one attached hydrogen (secondary N) is 1. The zero-order valence-corrected chi connectivity index (χ0v) is 25.2. The van der Waals surface area contributed by atoms with Gasteiger partial charge in [-0.05, 0) is 64.0 Å². The minimum Gasteiger partial charge on any atom is -0.270 e. The van der Waals surface area contributed by atoms with Crippen molar-refractivity contribution in [3.63, 3.8) is 0 Å². The van der Waals surface area contributed by atoms with Crippen molar-refractivity contribution in [2.75, 3.05) is 23.3 Å². The summed E-state index contributed by atoms with van der Waals surface area (Å²) < 4.78 is 58.3. The maximum atomic E-state index is 13.1. The van der Waals surface area contributed by atoms with Gasteiger partial charge in [-0.3, -0.25) is 13.5 Å². The van der Waals surface area contributed by atoms with Crippen molar-refractivity contribution in [1.82, 2.24) is 9.55 Å². The molecule has 2 heterocycles. The second kappa shape index (κ2) is 11.7. The number of hydrogen-bond donors (Lipinski definition) is 1. The molecule has 1 N–H and O–H groups in total. The van der Waals surface area contributed by atoms with Crippen molar-refractivity contribution >= 4 is 49.1 Å². The Balaban J connectivity index is 1.49. The van der Waals surface area contributed by atoms with E-state index in [0.717, 1.165) is 64.5 Å². The fraction of sp³-hybridized carbons (Fsp3) is 0.520. The van der Waals surface area contributed by atoms with Gasteiger partial charge in [0.2, 0.25) is 0 Å². The monoisotopic (exact) mass is 599 g/mol. The van der Waals surface area contributed by atoms with Crippen LogP contribution >= 0.6 is 23.1 Å². The first kappa shape index (κ1) is 29.1. The summed E-state index contributed by atoms with van der Waals surface area (Å²) in [5.41, 5.74) is 1.68. The second-order valence-electron chi connectivity index (χ2n) is 9.89. The van der Waals surface area contributed by atoms with Gasteiger partial charge < -0.3 is 0 Å². The molecular weight excluding hydrogens is 567 g/mol. The molecule has 0 spiro atoms. The Hall–Kier alpha value is -1.93. The number of nitrogens with zero attached hydrogens (tertiary/aromatic N) is 2. The van der Waals surface area contributed by atoms with Gasteiger partial charge in [-0.15, -0.1) is 23.1 Å². The summed E-state index contributed by atoms with van der Waals surface area (Å²) in [5, 5.41) is 0. The van der Waals surface area contributed by atoms with E-state index in [2.05, 4.69) is 9.71 Å². The van der Waals surface area contributed by atoms with Crippen molar-refractivity contribution in [3.8, 4) is 5.69 Å². The molecule has 1 saturated carbocycles. The van der Waals surface area contributed by atoms with Crippen LogP contribution in [0.2, 0.25) is 0 Å². The third-order valence-electron chi connectivity index (χ3n) is 6.93. The van der Waals surface area contributed by atoms with Crippen LogP contribution in [0, 0.1) is 32.6 Å². The van der Waals surface area contributed by atoms with Crippen molar-refractivity contribution in [2.24, 2.45) is 11.8 Å². The largest absolute Gasteiger partial charge is 0.354 e. The number of rotatable bonds is 10. The van der Waals surface area contributed by atoms with Crippen LogP contribution in [0.4, 0.5) is 5.82 Å². The predicted molar refractivity (Wildman–Crippen MR) is 152 cm³/mol. The highest BCUT2D eigenvalue weighted by Crippen LogP contribution is 2.41. The predicted octanol–water partition coefficient (Wildman–Crippen LogP) is 4.72. The van der Waals surface area contributed by atoms with Gasteiger partial charge in [-0.1, -0.05) is 30.5 Å². The number of sulfonamides is 1. The van der Waals surface area contributed by atoms with Gasteiger partial charge in [-0.25, -0.2) is 13.2 Å². The van der Waals surface area contributed by atoms with Crippen LogP contribution < -0.4 is 10.4 Å². The van der Waals surface area contributed by atoms with E-state index in [9.17, 15) is 21.6 Å². The maximum absolute atomic E-state index is 13.1. The number of anilines is 1. The van der Waals surface area contributed by atoms with Gasteiger partial charge >= 0.3 is 5.69 Å². The van der Waals surface area contributed by atoms with Gasteiger partial charge in [0.25, 0.3) is 20.1 Å². The summed E-state index contributed by atoms with van der Waals surface area (Å²) in [6, 6.07) is 6.52. The zero-order chi connectivity index (χ0) is 27.7. The summed E-state index contributed by atoms with van der Waals surface area (Å²) in [7, 11) is -7.33. The third kappa shape index (κ3) is 6.98. The van der Waals surface area contributed by atoms with E-state index in [1.807, 2.05) is 20.8 Å². The van der Waals surface area contributed by atoms with Crippen LogP contribution in [0.15, 0.2) is 38.2 Å². The maximum Gasteiger partial charge on any atom is 0.354 e. The van der Waals surface area contributed by atoms with E-state index < -0.39 is 25.8 Å². The molecule has 1 aromatic rings. The normalized spacial score (nSPS) is 18.6. The van der Waals surface area contributed by atoms with Crippen LogP contribution in [-0.4, -0.2) is 45.0 Å². The summed E-state index contributed by atoms with van der Waals surface area (Å²) in [5.74, 6) is 1.81. The molecule has 208 valence electrons. The van der Waals surface area contributed by atoms with Crippen molar-refractivity contribution in [2.45, 2.75) is 62.0 Å². The molecule has 1 aromatic carbocycles. The molecule has 1 fully saturated rings. The molecule has 9 nitrogen and oxygen atoms in total.